The first-order chi connectivity index (χ1) is 12.0. The molecule has 0 saturated heterocycles. The second-order valence-electron chi connectivity index (χ2n) is 6.27. The minimum Gasteiger partial charge on any atom is -0.482 e. The number of amides is 1. The predicted molar refractivity (Wildman–Crippen MR) is 93.6 cm³/mol. The fraction of sp³-hybridized carbons (Fsp3) is 0.300. The number of nitrogens with one attached hydrogen (secondary N) is 1. The van der Waals surface area contributed by atoms with E-state index in [1.807, 2.05) is 37.3 Å². The molecule has 2 atom stereocenters. The molecule has 130 valence electrons. The molecule has 0 saturated carbocycles. The van der Waals surface area contributed by atoms with Crippen LogP contribution in [0.15, 0.2) is 48.5 Å². The predicted octanol–water partition coefficient (Wildman–Crippen LogP) is 3.06. The number of carboxylic acids is 1. The second kappa shape index (κ2) is 7.38. The van der Waals surface area contributed by atoms with Crippen LogP contribution in [0.4, 0.5) is 0 Å². The summed E-state index contributed by atoms with van der Waals surface area (Å²) in [4.78, 5) is 23.1. The van der Waals surface area contributed by atoms with Gasteiger partial charge in [-0.2, -0.15) is 0 Å². The molecule has 0 heterocycles. The second-order valence-corrected chi connectivity index (χ2v) is 6.27. The molecule has 5 heteroatoms. The molecule has 5 nitrogen and oxygen atoms in total. The first-order valence-corrected chi connectivity index (χ1v) is 8.37. The minimum absolute atomic E-state index is 0.0450. The molecule has 2 aromatic carbocycles. The van der Waals surface area contributed by atoms with Gasteiger partial charge in [0.05, 0.1) is 12.0 Å². The lowest BCUT2D eigenvalue weighted by Gasteiger charge is -2.18. The van der Waals surface area contributed by atoms with Crippen molar-refractivity contribution in [2.45, 2.75) is 31.7 Å². The van der Waals surface area contributed by atoms with E-state index >= 15 is 0 Å². The van der Waals surface area contributed by atoms with E-state index in [-0.39, 0.29) is 24.5 Å². The maximum absolute atomic E-state index is 12.6. The van der Waals surface area contributed by atoms with Gasteiger partial charge in [0.25, 0.3) is 0 Å². The number of hydrogen-bond donors (Lipinski definition) is 2. The van der Waals surface area contributed by atoms with Crippen molar-refractivity contribution in [3.63, 3.8) is 0 Å². The average molecular weight is 339 g/mol. The molecule has 2 N–H and O–H groups in total. The van der Waals surface area contributed by atoms with Gasteiger partial charge >= 0.3 is 5.97 Å². The third-order valence-corrected chi connectivity index (χ3v) is 4.55. The molecule has 1 aliphatic carbocycles. The molecule has 0 spiro atoms. The van der Waals surface area contributed by atoms with Gasteiger partial charge in [0.1, 0.15) is 5.75 Å². The van der Waals surface area contributed by atoms with Crippen LogP contribution >= 0.6 is 0 Å². The highest BCUT2D eigenvalue weighted by atomic mass is 16.5. The van der Waals surface area contributed by atoms with E-state index in [0.717, 1.165) is 24.0 Å². The highest BCUT2D eigenvalue weighted by Crippen LogP contribution is 2.33. The number of aryl methyl sites for hydroxylation is 1. The summed E-state index contributed by atoms with van der Waals surface area (Å²) in [5, 5.41) is 11.7. The Hall–Kier alpha value is -2.82. The first kappa shape index (κ1) is 17.0. The van der Waals surface area contributed by atoms with Gasteiger partial charge in [0.2, 0.25) is 5.91 Å². The SMILES string of the molecule is CC(NC(=O)C1CCc2ccccc21)c1ccc(OCC(=O)O)cc1. The molecule has 2 unspecified atom stereocenters. The summed E-state index contributed by atoms with van der Waals surface area (Å²) in [7, 11) is 0. The van der Waals surface area contributed by atoms with Crippen LogP contribution in [0, 0.1) is 0 Å². The Bertz CT molecular complexity index is 770. The maximum atomic E-state index is 12.6. The number of benzene rings is 2. The molecule has 2 aromatic rings. The van der Waals surface area contributed by atoms with Crippen molar-refractivity contribution < 1.29 is 19.4 Å². The standard InChI is InChI=1S/C20H21NO4/c1-13(14-6-9-16(10-7-14)25-12-19(22)23)21-20(24)18-11-8-15-4-2-3-5-17(15)18/h2-7,9-10,13,18H,8,11-12H2,1H3,(H,21,24)(H,22,23). The molecule has 1 amide bonds. The van der Waals surface area contributed by atoms with Gasteiger partial charge in [0.15, 0.2) is 6.61 Å². The zero-order valence-electron chi connectivity index (χ0n) is 14.1. The molecule has 0 fully saturated rings. The van der Waals surface area contributed by atoms with Gasteiger partial charge in [-0.05, 0) is 48.6 Å². The van der Waals surface area contributed by atoms with Gasteiger partial charge in [-0.1, -0.05) is 36.4 Å². The molecular formula is C20H21NO4. The summed E-state index contributed by atoms with van der Waals surface area (Å²) in [6.07, 6.45) is 1.79. The normalized spacial score (nSPS) is 16.8. The highest BCUT2D eigenvalue weighted by Gasteiger charge is 2.28. The van der Waals surface area contributed by atoms with E-state index in [4.69, 9.17) is 9.84 Å². The fourth-order valence-electron chi connectivity index (χ4n) is 3.22. The lowest BCUT2D eigenvalue weighted by Crippen LogP contribution is -2.30. The van der Waals surface area contributed by atoms with Crippen molar-refractivity contribution in [1.82, 2.24) is 5.32 Å². The molecule has 1 aliphatic rings. The van der Waals surface area contributed by atoms with Crippen LogP contribution in [0.5, 0.6) is 5.75 Å². The molecule has 0 bridgehead atoms. The summed E-state index contributed by atoms with van der Waals surface area (Å²) in [5.74, 6) is -0.559. The first-order valence-electron chi connectivity index (χ1n) is 8.37. The number of fused-ring (bicyclic) bond motifs is 1. The summed E-state index contributed by atoms with van der Waals surface area (Å²) in [6.45, 7) is 1.57. The van der Waals surface area contributed by atoms with Gasteiger partial charge in [-0.3, -0.25) is 4.79 Å². The number of rotatable bonds is 6. The van der Waals surface area contributed by atoms with Crippen molar-refractivity contribution in [3.8, 4) is 5.75 Å². The number of carbonyl (C=O) groups excluding carboxylic acids is 1. The number of ether oxygens (including phenoxy) is 1. The molecule has 25 heavy (non-hydrogen) atoms. The van der Waals surface area contributed by atoms with Crippen molar-refractivity contribution >= 4 is 11.9 Å². The van der Waals surface area contributed by atoms with Gasteiger partial charge in [-0.15, -0.1) is 0 Å². The molecule has 0 aromatic heterocycles. The Labute approximate surface area is 146 Å². The number of aliphatic carboxylic acids is 1. The third kappa shape index (κ3) is 3.99. The Kier molecular flexibility index (Phi) is 5.03. The van der Waals surface area contributed by atoms with Crippen molar-refractivity contribution in [2.75, 3.05) is 6.61 Å². The largest absolute Gasteiger partial charge is 0.482 e. The van der Waals surface area contributed by atoms with Gasteiger partial charge in [-0.25, -0.2) is 4.79 Å². The van der Waals surface area contributed by atoms with E-state index in [2.05, 4.69) is 11.4 Å². The Morgan fingerprint density at radius 1 is 1.20 bits per heavy atom. The van der Waals surface area contributed by atoms with E-state index in [1.54, 1.807) is 12.1 Å². The smallest absolute Gasteiger partial charge is 0.341 e. The summed E-state index contributed by atoms with van der Waals surface area (Å²) >= 11 is 0. The Morgan fingerprint density at radius 3 is 2.64 bits per heavy atom. The van der Waals surface area contributed by atoms with Crippen molar-refractivity contribution in [1.29, 1.82) is 0 Å². The van der Waals surface area contributed by atoms with Crippen LogP contribution < -0.4 is 10.1 Å². The van der Waals surface area contributed by atoms with E-state index in [9.17, 15) is 9.59 Å². The number of carbonyl (C=O) groups is 2. The topological polar surface area (TPSA) is 75.6 Å². The molecule has 0 aliphatic heterocycles. The quantitative estimate of drug-likeness (QED) is 0.848. The summed E-state index contributed by atoms with van der Waals surface area (Å²) in [6, 6.07) is 15.1. The van der Waals surface area contributed by atoms with Crippen LogP contribution in [-0.4, -0.2) is 23.6 Å². The summed E-state index contributed by atoms with van der Waals surface area (Å²) < 4.78 is 5.12. The molecule has 0 radical (unpaired) electrons. The van der Waals surface area contributed by atoms with Crippen LogP contribution in [0.3, 0.4) is 0 Å². The lowest BCUT2D eigenvalue weighted by atomic mass is 9.99. The van der Waals surface area contributed by atoms with Crippen LogP contribution in [0.25, 0.3) is 0 Å². The van der Waals surface area contributed by atoms with Crippen LogP contribution in [-0.2, 0) is 16.0 Å². The summed E-state index contributed by atoms with van der Waals surface area (Å²) in [5.41, 5.74) is 3.34. The Balaban J connectivity index is 1.61. The van der Waals surface area contributed by atoms with Crippen molar-refractivity contribution in [3.05, 3.63) is 65.2 Å². The highest BCUT2D eigenvalue weighted by molar-refractivity contribution is 5.85. The van der Waals surface area contributed by atoms with Gasteiger partial charge < -0.3 is 15.2 Å². The van der Waals surface area contributed by atoms with Crippen molar-refractivity contribution in [2.24, 2.45) is 0 Å². The monoisotopic (exact) mass is 339 g/mol. The van der Waals surface area contributed by atoms with Crippen LogP contribution in [0.1, 0.15) is 42.0 Å². The fourth-order valence-corrected chi connectivity index (χ4v) is 3.22. The number of carboxylic acid groups (broad SMARTS) is 1. The zero-order valence-corrected chi connectivity index (χ0v) is 14.1. The van der Waals surface area contributed by atoms with Crippen LogP contribution in [0.2, 0.25) is 0 Å². The average Bonchev–Trinajstić information content (AvgIpc) is 3.04. The lowest BCUT2D eigenvalue weighted by molar-refractivity contribution is -0.139. The molecule has 3 rings (SSSR count). The van der Waals surface area contributed by atoms with E-state index in [1.165, 1.54) is 5.56 Å². The Morgan fingerprint density at radius 2 is 1.92 bits per heavy atom. The zero-order chi connectivity index (χ0) is 17.8. The van der Waals surface area contributed by atoms with E-state index in [0.29, 0.717) is 5.75 Å². The third-order valence-electron chi connectivity index (χ3n) is 4.55. The molecular weight excluding hydrogens is 318 g/mol. The number of hydrogen-bond acceptors (Lipinski definition) is 3. The van der Waals surface area contributed by atoms with E-state index < -0.39 is 5.97 Å². The minimum atomic E-state index is -1.01. The van der Waals surface area contributed by atoms with Gasteiger partial charge in [0, 0.05) is 0 Å². The maximum Gasteiger partial charge on any atom is 0.341 e.